The van der Waals surface area contributed by atoms with Crippen molar-refractivity contribution in [2.75, 3.05) is 0 Å². The van der Waals surface area contributed by atoms with Crippen molar-refractivity contribution in [2.45, 2.75) is 13.8 Å². The van der Waals surface area contributed by atoms with E-state index in [9.17, 15) is 4.79 Å². The van der Waals surface area contributed by atoms with Crippen molar-refractivity contribution >= 4 is 11.0 Å². The number of H-pyrrole nitrogens is 1. The van der Waals surface area contributed by atoms with Gasteiger partial charge in [-0.2, -0.15) is 4.98 Å². The van der Waals surface area contributed by atoms with E-state index in [-0.39, 0.29) is 5.69 Å². The predicted molar refractivity (Wildman–Crippen MR) is 75.1 cm³/mol. The maximum atomic E-state index is 11.7. The highest BCUT2D eigenvalue weighted by Gasteiger charge is 2.08. The lowest BCUT2D eigenvalue weighted by molar-refractivity contribution is 1.09. The van der Waals surface area contributed by atoms with Gasteiger partial charge in [0.1, 0.15) is 0 Å². The average Bonchev–Trinajstić information content (AvgIpc) is 2.37. The van der Waals surface area contributed by atoms with E-state index in [1.807, 2.05) is 50.2 Å². The summed E-state index contributed by atoms with van der Waals surface area (Å²) < 4.78 is 0. The number of benzene rings is 1. The number of fused-ring (bicyclic) bond motifs is 1. The summed E-state index contributed by atoms with van der Waals surface area (Å²) in [7, 11) is 0. The lowest BCUT2D eigenvalue weighted by Crippen LogP contribution is -2.12. The summed E-state index contributed by atoms with van der Waals surface area (Å²) in [6, 6.07) is 11.9. The van der Waals surface area contributed by atoms with Gasteiger partial charge in [0.2, 0.25) is 0 Å². The Morgan fingerprint density at radius 2 is 1.89 bits per heavy atom. The molecule has 0 aliphatic heterocycles. The maximum Gasteiger partial charge on any atom is 0.347 e. The molecule has 0 fully saturated rings. The third-order valence-corrected chi connectivity index (χ3v) is 3.03. The molecule has 3 aromatic rings. The molecule has 94 valence electrons. The van der Waals surface area contributed by atoms with Crippen molar-refractivity contribution in [3.05, 3.63) is 58.1 Å². The van der Waals surface area contributed by atoms with Crippen molar-refractivity contribution < 1.29 is 0 Å². The number of hydrogen-bond donors (Lipinski definition) is 1. The monoisotopic (exact) mass is 251 g/mol. The molecule has 0 saturated carbocycles. The first-order valence-electron chi connectivity index (χ1n) is 6.08. The van der Waals surface area contributed by atoms with Gasteiger partial charge in [-0.05, 0) is 37.6 Å². The molecular weight excluding hydrogens is 238 g/mol. The van der Waals surface area contributed by atoms with E-state index in [0.717, 1.165) is 27.9 Å². The van der Waals surface area contributed by atoms with Crippen LogP contribution in [0.3, 0.4) is 0 Å². The molecule has 0 aliphatic carbocycles. The van der Waals surface area contributed by atoms with E-state index >= 15 is 0 Å². The molecular formula is C15H13N3O. The Bertz CT molecular complexity index is 821. The Morgan fingerprint density at radius 3 is 2.68 bits per heavy atom. The van der Waals surface area contributed by atoms with Gasteiger partial charge in [0.25, 0.3) is 0 Å². The topological polar surface area (TPSA) is 58.6 Å². The van der Waals surface area contributed by atoms with Gasteiger partial charge in [-0.25, -0.2) is 9.78 Å². The second-order valence-corrected chi connectivity index (χ2v) is 4.61. The van der Waals surface area contributed by atoms with Crippen molar-refractivity contribution in [3.63, 3.8) is 0 Å². The van der Waals surface area contributed by atoms with E-state index in [1.165, 1.54) is 0 Å². The summed E-state index contributed by atoms with van der Waals surface area (Å²) in [5.41, 5.74) is 3.84. The average molecular weight is 251 g/mol. The van der Waals surface area contributed by atoms with Gasteiger partial charge in [0, 0.05) is 11.1 Å². The SMILES string of the molecule is Cc1cccc(-c2[nH]c(=O)nc3nc(C)ccc23)c1. The molecule has 1 N–H and O–H groups in total. The summed E-state index contributed by atoms with van der Waals surface area (Å²) in [5, 5.41) is 0.857. The van der Waals surface area contributed by atoms with Crippen LogP contribution in [-0.2, 0) is 0 Å². The Balaban J connectivity index is 2.37. The normalized spacial score (nSPS) is 10.8. The summed E-state index contributed by atoms with van der Waals surface area (Å²) in [6.07, 6.45) is 0. The maximum absolute atomic E-state index is 11.7. The van der Waals surface area contributed by atoms with Crippen LogP contribution in [0.15, 0.2) is 41.2 Å². The van der Waals surface area contributed by atoms with Gasteiger partial charge in [0.15, 0.2) is 5.65 Å². The zero-order chi connectivity index (χ0) is 13.4. The van der Waals surface area contributed by atoms with E-state index < -0.39 is 0 Å². The molecule has 0 unspecified atom stereocenters. The summed E-state index contributed by atoms with van der Waals surface area (Å²) in [5.74, 6) is 0. The molecule has 0 saturated heterocycles. The Labute approximate surface area is 110 Å². The van der Waals surface area contributed by atoms with Crippen molar-refractivity contribution in [1.29, 1.82) is 0 Å². The zero-order valence-electron chi connectivity index (χ0n) is 10.8. The molecule has 4 nitrogen and oxygen atoms in total. The fourth-order valence-corrected chi connectivity index (χ4v) is 2.15. The number of aromatic nitrogens is 3. The van der Waals surface area contributed by atoms with Gasteiger partial charge in [-0.15, -0.1) is 0 Å². The zero-order valence-corrected chi connectivity index (χ0v) is 10.8. The van der Waals surface area contributed by atoms with Crippen LogP contribution >= 0.6 is 0 Å². The van der Waals surface area contributed by atoms with Gasteiger partial charge in [0.05, 0.1) is 5.69 Å². The third kappa shape index (κ3) is 2.12. The smallest absolute Gasteiger partial charge is 0.305 e. The van der Waals surface area contributed by atoms with E-state index in [1.54, 1.807) is 0 Å². The molecule has 2 aromatic heterocycles. The Hall–Kier alpha value is -2.49. The molecule has 1 aromatic carbocycles. The van der Waals surface area contributed by atoms with Crippen LogP contribution < -0.4 is 5.69 Å². The Morgan fingerprint density at radius 1 is 1.05 bits per heavy atom. The van der Waals surface area contributed by atoms with Crippen LogP contribution in [0, 0.1) is 13.8 Å². The molecule has 0 atom stereocenters. The number of pyridine rings is 1. The van der Waals surface area contributed by atoms with Crippen LogP contribution in [0.5, 0.6) is 0 Å². The van der Waals surface area contributed by atoms with E-state index in [2.05, 4.69) is 15.0 Å². The minimum Gasteiger partial charge on any atom is -0.305 e. The lowest BCUT2D eigenvalue weighted by atomic mass is 10.1. The van der Waals surface area contributed by atoms with Crippen LogP contribution in [-0.4, -0.2) is 15.0 Å². The van der Waals surface area contributed by atoms with Crippen LogP contribution in [0.4, 0.5) is 0 Å². The second kappa shape index (κ2) is 4.31. The molecule has 0 bridgehead atoms. The fraction of sp³-hybridized carbons (Fsp3) is 0.133. The number of rotatable bonds is 1. The number of aromatic amines is 1. The first-order valence-corrected chi connectivity index (χ1v) is 6.08. The number of nitrogens with zero attached hydrogens (tertiary/aromatic N) is 2. The van der Waals surface area contributed by atoms with Gasteiger partial charge < -0.3 is 4.98 Å². The summed E-state index contributed by atoms with van der Waals surface area (Å²) in [4.78, 5) is 22.7. The fourth-order valence-electron chi connectivity index (χ4n) is 2.15. The van der Waals surface area contributed by atoms with Crippen LogP contribution in [0.1, 0.15) is 11.3 Å². The van der Waals surface area contributed by atoms with Crippen molar-refractivity contribution in [2.24, 2.45) is 0 Å². The van der Waals surface area contributed by atoms with Gasteiger partial charge in [-0.3, -0.25) is 0 Å². The highest BCUT2D eigenvalue weighted by molar-refractivity contribution is 5.89. The molecule has 2 heterocycles. The van der Waals surface area contributed by atoms with E-state index in [0.29, 0.717) is 5.65 Å². The van der Waals surface area contributed by atoms with Gasteiger partial charge >= 0.3 is 5.69 Å². The summed E-state index contributed by atoms with van der Waals surface area (Å²) >= 11 is 0. The Kier molecular flexibility index (Phi) is 2.63. The first-order chi connectivity index (χ1) is 9.13. The third-order valence-electron chi connectivity index (χ3n) is 3.03. The van der Waals surface area contributed by atoms with Crippen LogP contribution in [0.25, 0.3) is 22.3 Å². The molecule has 3 rings (SSSR count). The van der Waals surface area contributed by atoms with Crippen molar-refractivity contribution in [1.82, 2.24) is 15.0 Å². The quantitative estimate of drug-likeness (QED) is 0.723. The van der Waals surface area contributed by atoms with Crippen LogP contribution in [0.2, 0.25) is 0 Å². The lowest BCUT2D eigenvalue weighted by Gasteiger charge is -2.06. The molecule has 0 aliphatic rings. The van der Waals surface area contributed by atoms with E-state index in [4.69, 9.17) is 0 Å². The molecule has 0 spiro atoms. The minimum atomic E-state index is -0.373. The molecule has 0 amide bonds. The van der Waals surface area contributed by atoms with Gasteiger partial charge in [-0.1, -0.05) is 23.8 Å². The minimum absolute atomic E-state index is 0.373. The largest absolute Gasteiger partial charge is 0.347 e. The number of hydrogen-bond acceptors (Lipinski definition) is 3. The van der Waals surface area contributed by atoms with Crippen molar-refractivity contribution in [3.8, 4) is 11.3 Å². The highest BCUT2D eigenvalue weighted by atomic mass is 16.1. The molecule has 19 heavy (non-hydrogen) atoms. The molecule has 4 heteroatoms. The second-order valence-electron chi connectivity index (χ2n) is 4.61. The predicted octanol–water partition coefficient (Wildman–Crippen LogP) is 2.60. The first kappa shape index (κ1) is 11.6. The molecule has 0 radical (unpaired) electrons. The summed E-state index contributed by atoms with van der Waals surface area (Å²) in [6.45, 7) is 3.90. The number of aryl methyl sites for hydroxylation is 2. The standard InChI is InChI=1S/C15H13N3O/c1-9-4-3-5-11(8-9)13-12-7-6-10(2)16-14(12)18-15(19)17-13/h3-8H,1-2H3,(H,16,17,18,19). The highest BCUT2D eigenvalue weighted by Crippen LogP contribution is 2.24. The number of nitrogens with one attached hydrogen (secondary N) is 1.